The van der Waals surface area contributed by atoms with Gasteiger partial charge in [-0.25, -0.2) is 4.79 Å². The van der Waals surface area contributed by atoms with Crippen molar-refractivity contribution < 1.29 is 14.3 Å². The van der Waals surface area contributed by atoms with Gasteiger partial charge in [-0.05, 0) is 70.1 Å². The number of fused-ring (bicyclic) bond motifs is 2. The number of aromatic nitrogens is 4. The van der Waals surface area contributed by atoms with E-state index < -0.39 is 11.7 Å². The number of benzene rings is 2. The summed E-state index contributed by atoms with van der Waals surface area (Å²) in [5.74, 6) is 0.0325. The highest BCUT2D eigenvalue weighted by Gasteiger charge is 2.41. The first-order valence-corrected chi connectivity index (χ1v) is 13.4. The Labute approximate surface area is 222 Å². The summed E-state index contributed by atoms with van der Waals surface area (Å²) in [5.41, 5.74) is 3.90. The number of amides is 1. The molecule has 8 nitrogen and oxygen atoms in total. The van der Waals surface area contributed by atoms with Crippen LogP contribution in [0.25, 0.3) is 10.9 Å². The molecule has 2 aliphatic carbocycles. The molecule has 0 bridgehead atoms. The van der Waals surface area contributed by atoms with E-state index in [9.17, 15) is 9.59 Å². The van der Waals surface area contributed by atoms with Crippen LogP contribution in [0.3, 0.4) is 0 Å². The molecule has 0 spiro atoms. The van der Waals surface area contributed by atoms with Crippen molar-refractivity contribution in [3.05, 3.63) is 83.3 Å². The Morgan fingerprint density at radius 1 is 0.974 bits per heavy atom. The zero-order valence-corrected chi connectivity index (χ0v) is 22.1. The molecule has 2 aromatic heterocycles. The molecule has 0 aliphatic heterocycles. The van der Waals surface area contributed by atoms with Crippen LogP contribution in [-0.2, 0) is 24.1 Å². The van der Waals surface area contributed by atoms with Gasteiger partial charge >= 0.3 is 6.09 Å². The molecule has 2 aromatic carbocycles. The van der Waals surface area contributed by atoms with E-state index in [0.29, 0.717) is 18.7 Å². The Hall–Kier alpha value is -3.94. The van der Waals surface area contributed by atoms with Crippen LogP contribution in [0.15, 0.2) is 60.8 Å². The Morgan fingerprint density at radius 3 is 2.45 bits per heavy atom. The largest absolute Gasteiger partial charge is 0.442 e. The van der Waals surface area contributed by atoms with Crippen molar-refractivity contribution in [1.82, 2.24) is 24.5 Å². The second-order valence-corrected chi connectivity index (χ2v) is 11.4. The zero-order valence-electron chi connectivity index (χ0n) is 22.1. The van der Waals surface area contributed by atoms with Gasteiger partial charge < -0.3 is 9.64 Å². The fraction of sp³-hybridized carbons (Fsp3) is 0.400. The fourth-order valence-electron chi connectivity index (χ4n) is 5.41. The smallest absolute Gasteiger partial charge is 0.435 e. The molecule has 0 N–H and O–H groups in total. The first-order valence-electron chi connectivity index (χ1n) is 13.4. The van der Waals surface area contributed by atoms with Crippen LogP contribution in [0.2, 0.25) is 0 Å². The monoisotopic (exact) mass is 511 g/mol. The number of rotatable bonds is 5. The van der Waals surface area contributed by atoms with E-state index in [1.165, 1.54) is 4.68 Å². The molecule has 2 heterocycles. The number of hydrogen-bond acceptors (Lipinski definition) is 5. The molecule has 1 fully saturated rings. The summed E-state index contributed by atoms with van der Waals surface area (Å²) in [6, 6.07) is 18.3. The van der Waals surface area contributed by atoms with Crippen molar-refractivity contribution in [1.29, 1.82) is 0 Å². The minimum Gasteiger partial charge on any atom is -0.442 e. The predicted octanol–water partition coefficient (Wildman–Crippen LogP) is 5.23. The van der Waals surface area contributed by atoms with Gasteiger partial charge in [-0.15, -0.1) is 0 Å². The molecule has 1 atom stereocenters. The lowest BCUT2D eigenvalue weighted by molar-refractivity contribution is 0.0513. The molecule has 8 heteroatoms. The number of ether oxygens (including phenoxy) is 1. The first-order chi connectivity index (χ1) is 18.3. The van der Waals surface area contributed by atoms with Gasteiger partial charge in [0, 0.05) is 23.7 Å². The lowest BCUT2D eigenvalue weighted by Gasteiger charge is -2.34. The van der Waals surface area contributed by atoms with Gasteiger partial charge in [0.05, 0.1) is 17.8 Å². The molecule has 1 saturated carbocycles. The molecule has 0 radical (unpaired) electrons. The van der Waals surface area contributed by atoms with Gasteiger partial charge in [-0.2, -0.15) is 14.9 Å². The predicted molar refractivity (Wildman–Crippen MR) is 144 cm³/mol. The third-order valence-corrected chi connectivity index (χ3v) is 7.22. The highest BCUT2D eigenvalue weighted by atomic mass is 16.6. The van der Waals surface area contributed by atoms with Crippen LogP contribution in [0, 0.1) is 0 Å². The quantitative estimate of drug-likeness (QED) is 0.367. The Balaban J connectivity index is 1.31. The van der Waals surface area contributed by atoms with Crippen LogP contribution in [0.4, 0.5) is 4.79 Å². The Kier molecular flexibility index (Phi) is 6.05. The minimum atomic E-state index is -0.591. The number of nitrogens with zero attached hydrogens (tertiary/aromatic N) is 5. The molecule has 38 heavy (non-hydrogen) atoms. The third kappa shape index (κ3) is 4.83. The normalized spacial score (nSPS) is 17.3. The van der Waals surface area contributed by atoms with Gasteiger partial charge in [-0.1, -0.05) is 48.5 Å². The third-order valence-electron chi connectivity index (χ3n) is 7.22. The minimum absolute atomic E-state index is 0.0325. The van der Waals surface area contributed by atoms with E-state index in [2.05, 4.69) is 22.1 Å². The van der Waals surface area contributed by atoms with Crippen molar-refractivity contribution in [2.75, 3.05) is 0 Å². The maximum atomic E-state index is 14.4. The summed E-state index contributed by atoms with van der Waals surface area (Å²) in [6.45, 7) is 6.06. The van der Waals surface area contributed by atoms with Crippen molar-refractivity contribution in [2.24, 2.45) is 0 Å². The second-order valence-electron chi connectivity index (χ2n) is 11.4. The molecule has 4 aromatic rings. The van der Waals surface area contributed by atoms with Gasteiger partial charge in [0.15, 0.2) is 0 Å². The van der Waals surface area contributed by atoms with E-state index in [1.807, 2.05) is 67.9 Å². The summed E-state index contributed by atoms with van der Waals surface area (Å²) >= 11 is 0. The molecule has 6 rings (SSSR count). The van der Waals surface area contributed by atoms with Crippen LogP contribution >= 0.6 is 0 Å². The fourth-order valence-corrected chi connectivity index (χ4v) is 5.41. The highest BCUT2D eigenvalue weighted by Crippen LogP contribution is 2.36. The SMILES string of the molecule is CC(C)(C)OC(=O)n1cc2c(n1)CCC(N(C(=O)c1c3ccccc3nn1Cc1ccccc1)C1CC1)C2. The second kappa shape index (κ2) is 9.42. The molecular weight excluding hydrogens is 478 g/mol. The summed E-state index contributed by atoms with van der Waals surface area (Å²) in [5, 5.41) is 10.2. The van der Waals surface area contributed by atoms with Crippen LogP contribution in [-0.4, -0.2) is 54.1 Å². The van der Waals surface area contributed by atoms with Gasteiger partial charge in [0.2, 0.25) is 0 Å². The average molecular weight is 512 g/mol. The summed E-state index contributed by atoms with van der Waals surface area (Å²) < 4.78 is 8.68. The first kappa shape index (κ1) is 24.4. The number of carbonyl (C=O) groups is 2. The summed E-state index contributed by atoms with van der Waals surface area (Å²) in [7, 11) is 0. The lowest BCUT2D eigenvalue weighted by Crippen LogP contribution is -2.45. The van der Waals surface area contributed by atoms with E-state index in [-0.39, 0.29) is 18.0 Å². The van der Waals surface area contributed by atoms with Gasteiger partial charge in [-0.3, -0.25) is 9.48 Å². The summed E-state index contributed by atoms with van der Waals surface area (Å²) in [4.78, 5) is 29.1. The van der Waals surface area contributed by atoms with Crippen molar-refractivity contribution in [3.8, 4) is 0 Å². The Bertz CT molecular complexity index is 1490. The standard InChI is InChI=1S/C30H33N5O3/c1-30(2,3)38-29(37)34-19-21-17-23(15-16-25(21)31-34)35(22-13-14-22)28(36)27-24-11-7-8-12-26(24)32-33(27)18-20-9-5-4-6-10-20/h4-12,19,22-23H,13-18H2,1-3H3. The topological polar surface area (TPSA) is 82.2 Å². The maximum Gasteiger partial charge on any atom is 0.435 e. The van der Waals surface area contributed by atoms with E-state index in [1.54, 1.807) is 6.20 Å². The van der Waals surface area contributed by atoms with E-state index >= 15 is 0 Å². The molecular formula is C30H33N5O3. The van der Waals surface area contributed by atoms with Crippen molar-refractivity contribution >= 4 is 22.9 Å². The number of carbonyl (C=O) groups excluding carboxylic acids is 2. The maximum absolute atomic E-state index is 14.4. The molecule has 1 unspecified atom stereocenters. The highest BCUT2D eigenvalue weighted by molar-refractivity contribution is 6.05. The van der Waals surface area contributed by atoms with Gasteiger partial charge in [0.25, 0.3) is 5.91 Å². The molecule has 1 amide bonds. The van der Waals surface area contributed by atoms with Crippen molar-refractivity contribution in [3.63, 3.8) is 0 Å². The lowest BCUT2D eigenvalue weighted by atomic mass is 9.92. The number of hydrogen-bond donors (Lipinski definition) is 0. The van der Waals surface area contributed by atoms with Crippen molar-refractivity contribution in [2.45, 2.75) is 77.1 Å². The molecule has 0 saturated heterocycles. The van der Waals surface area contributed by atoms with E-state index in [4.69, 9.17) is 9.84 Å². The van der Waals surface area contributed by atoms with E-state index in [0.717, 1.165) is 53.4 Å². The van der Waals surface area contributed by atoms with Crippen LogP contribution in [0.5, 0.6) is 0 Å². The van der Waals surface area contributed by atoms with Gasteiger partial charge in [0.1, 0.15) is 11.3 Å². The summed E-state index contributed by atoms with van der Waals surface area (Å²) in [6.07, 6.45) is 5.52. The Morgan fingerprint density at radius 2 is 1.71 bits per heavy atom. The molecule has 2 aliphatic rings. The zero-order chi connectivity index (χ0) is 26.4. The molecule has 196 valence electrons. The van der Waals surface area contributed by atoms with Crippen LogP contribution in [0.1, 0.15) is 67.3 Å². The number of aryl methyl sites for hydroxylation is 1. The van der Waals surface area contributed by atoms with Crippen LogP contribution < -0.4 is 0 Å². The average Bonchev–Trinajstić information content (AvgIpc) is 3.50.